The molecule has 0 radical (unpaired) electrons. The molecule has 2 heterocycles. The third-order valence-corrected chi connectivity index (χ3v) is 5.84. The van der Waals surface area contributed by atoms with Gasteiger partial charge in [-0.05, 0) is 61.7 Å². The number of pyridine rings is 1. The Hall–Kier alpha value is -1.42. The lowest BCUT2D eigenvalue weighted by Gasteiger charge is -2.42. The number of rotatable bonds is 1. The largest absolute Gasteiger partial charge is 0.301 e. The van der Waals surface area contributed by atoms with Gasteiger partial charge in [0.15, 0.2) is 0 Å². The zero-order chi connectivity index (χ0) is 16.7. The molecule has 1 saturated heterocycles. The predicted molar refractivity (Wildman–Crippen MR) is 98.6 cm³/mol. The molecule has 2 atom stereocenters. The second-order valence-electron chi connectivity index (χ2n) is 7.12. The van der Waals surface area contributed by atoms with Gasteiger partial charge in [-0.2, -0.15) is 0 Å². The van der Waals surface area contributed by atoms with Crippen LogP contribution in [0.15, 0.2) is 36.5 Å². The molecule has 24 heavy (non-hydrogen) atoms. The summed E-state index contributed by atoms with van der Waals surface area (Å²) in [4.78, 5) is 9.86. The first-order chi connectivity index (χ1) is 11.6. The van der Waals surface area contributed by atoms with E-state index in [1.807, 2.05) is 12.3 Å². The molecule has 2 aliphatic rings. The van der Waals surface area contributed by atoms with Gasteiger partial charge in [0, 0.05) is 36.9 Å². The molecule has 2 unspecified atom stereocenters. The summed E-state index contributed by atoms with van der Waals surface area (Å²) in [5.41, 5.74) is 5.36. The number of halogens is 1. The van der Waals surface area contributed by atoms with Gasteiger partial charge in [-0.3, -0.25) is 9.88 Å². The third kappa shape index (κ3) is 2.85. The molecular weight excluding hydrogens is 318 g/mol. The van der Waals surface area contributed by atoms with Crippen molar-refractivity contribution in [1.82, 2.24) is 14.8 Å². The summed E-state index contributed by atoms with van der Waals surface area (Å²) in [5, 5.41) is 0.832. The smallest absolute Gasteiger partial charge is 0.0782 e. The van der Waals surface area contributed by atoms with Crippen molar-refractivity contribution in [3.05, 3.63) is 63.9 Å². The number of likely N-dealkylation sites (N-methyl/N-ethyl adjacent to an activating group) is 1. The van der Waals surface area contributed by atoms with Gasteiger partial charge in [-0.25, -0.2) is 0 Å². The lowest BCUT2D eigenvalue weighted by Crippen LogP contribution is -2.51. The summed E-state index contributed by atoms with van der Waals surface area (Å²) in [6.07, 6.45) is 4.01. The molecule has 0 bridgehead atoms. The van der Waals surface area contributed by atoms with Crippen LogP contribution < -0.4 is 0 Å². The van der Waals surface area contributed by atoms with Gasteiger partial charge in [-0.1, -0.05) is 23.7 Å². The quantitative estimate of drug-likeness (QED) is 0.790. The minimum absolute atomic E-state index is 0.243. The van der Waals surface area contributed by atoms with Crippen LogP contribution in [0.2, 0.25) is 5.02 Å². The Morgan fingerprint density at radius 1 is 1.12 bits per heavy atom. The standard InChI is InChI=1S/C20H24ClN3/c1-14-13-24(11-10-23(14)2)20-18-8-7-17(21)12-16(18)6-5-15-4-3-9-22-19(15)20/h3-4,7-9,12,14,20H,5-6,10-11,13H2,1-2H3. The van der Waals surface area contributed by atoms with Crippen LogP contribution in [0.1, 0.15) is 35.3 Å². The fourth-order valence-corrected chi connectivity index (χ4v) is 4.26. The van der Waals surface area contributed by atoms with E-state index in [4.69, 9.17) is 16.6 Å². The van der Waals surface area contributed by atoms with Crippen LogP contribution in [0, 0.1) is 0 Å². The van der Waals surface area contributed by atoms with Crippen LogP contribution in [-0.4, -0.2) is 47.5 Å². The van der Waals surface area contributed by atoms with Crippen molar-refractivity contribution in [3.8, 4) is 0 Å². The fraction of sp³-hybridized carbons (Fsp3) is 0.450. The predicted octanol–water partition coefficient (Wildman–Crippen LogP) is 3.56. The summed E-state index contributed by atoms with van der Waals surface area (Å²) in [6, 6.07) is 11.5. The van der Waals surface area contributed by atoms with Crippen LogP contribution in [0.4, 0.5) is 0 Å². The molecule has 1 aromatic heterocycles. The molecule has 1 aliphatic carbocycles. The third-order valence-electron chi connectivity index (χ3n) is 5.60. The highest BCUT2D eigenvalue weighted by Gasteiger charge is 2.33. The van der Waals surface area contributed by atoms with Gasteiger partial charge >= 0.3 is 0 Å². The van der Waals surface area contributed by atoms with Crippen LogP contribution in [0.3, 0.4) is 0 Å². The molecule has 0 spiro atoms. The van der Waals surface area contributed by atoms with Crippen molar-refractivity contribution in [2.45, 2.75) is 31.8 Å². The molecule has 4 rings (SSSR count). The Labute approximate surface area is 149 Å². The Kier molecular flexibility index (Phi) is 4.33. The van der Waals surface area contributed by atoms with E-state index in [1.165, 1.54) is 22.4 Å². The number of hydrogen-bond acceptors (Lipinski definition) is 3. The summed E-state index contributed by atoms with van der Waals surface area (Å²) >= 11 is 6.28. The number of benzene rings is 1. The van der Waals surface area contributed by atoms with Crippen LogP contribution in [-0.2, 0) is 12.8 Å². The zero-order valence-corrected chi connectivity index (χ0v) is 15.1. The number of aromatic nitrogens is 1. The number of hydrogen-bond donors (Lipinski definition) is 0. The van der Waals surface area contributed by atoms with Crippen molar-refractivity contribution >= 4 is 11.6 Å². The highest BCUT2D eigenvalue weighted by Crippen LogP contribution is 2.37. The van der Waals surface area contributed by atoms with Crippen molar-refractivity contribution in [2.24, 2.45) is 0 Å². The Morgan fingerprint density at radius 3 is 2.79 bits per heavy atom. The van der Waals surface area contributed by atoms with Gasteiger partial charge in [0.2, 0.25) is 0 Å². The summed E-state index contributed by atoms with van der Waals surface area (Å²) in [7, 11) is 2.22. The van der Waals surface area contributed by atoms with E-state index in [9.17, 15) is 0 Å². The molecule has 4 heteroatoms. The molecule has 0 amide bonds. The average Bonchev–Trinajstić information content (AvgIpc) is 2.74. The monoisotopic (exact) mass is 341 g/mol. The van der Waals surface area contributed by atoms with Crippen LogP contribution in [0.25, 0.3) is 0 Å². The normalized spacial score (nSPS) is 25.0. The maximum atomic E-state index is 6.28. The molecular formula is C20H24ClN3. The number of piperazine rings is 1. The van der Waals surface area contributed by atoms with E-state index in [0.29, 0.717) is 6.04 Å². The maximum Gasteiger partial charge on any atom is 0.0782 e. The first kappa shape index (κ1) is 16.1. The first-order valence-electron chi connectivity index (χ1n) is 8.80. The molecule has 1 fully saturated rings. The highest BCUT2D eigenvalue weighted by molar-refractivity contribution is 6.30. The van der Waals surface area contributed by atoms with Gasteiger partial charge in [0.05, 0.1) is 11.7 Å². The Morgan fingerprint density at radius 2 is 1.96 bits per heavy atom. The van der Waals surface area contributed by atoms with Crippen LogP contribution in [0.5, 0.6) is 0 Å². The first-order valence-corrected chi connectivity index (χ1v) is 9.17. The lowest BCUT2D eigenvalue weighted by atomic mass is 9.95. The molecule has 126 valence electrons. The molecule has 3 nitrogen and oxygen atoms in total. The van der Waals surface area contributed by atoms with Crippen molar-refractivity contribution < 1.29 is 0 Å². The second-order valence-corrected chi connectivity index (χ2v) is 7.55. The number of fused-ring (bicyclic) bond motifs is 2. The summed E-state index contributed by atoms with van der Waals surface area (Å²) in [5.74, 6) is 0. The van der Waals surface area contributed by atoms with E-state index < -0.39 is 0 Å². The SMILES string of the molecule is CC1CN(C2c3ccc(Cl)cc3CCc3cccnc32)CCN1C. The summed E-state index contributed by atoms with van der Waals surface area (Å²) < 4.78 is 0. The average molecular weight is 342 g/mol. The van der Waals surface area contributed by atoms with E-state index in [1.54, 1.807) is 0 Å². The van der Waals surface area contributed by atoms with Gasteiger partial charge in [-0.15, -0.1) is 0 Å². The molecule has 2 aromatic rings. The summed E-state index contributed by atoms with van der Waals surface area (Å²) in [6.45, 7) is 5.55. The van der Waals surface area contributed by atoms with E-state index in [2.05, 4.69) is 48.0 Å². The van der Waals surface area contributed by atoms with E-state index in [0.717, 1.165) is 37.5 Å². The maximum absolute atomic E-state index is 6.28. The lowest BCUT2D eigenvalue weighted by molar-refractivity contribution is 0.0824. The molecule has 0 saturated carbocycles. The highest BCUT2D eigenvalue weighted by atomic mass is 35.5. The molecule has 0 N–H and O–H groups in total. The number of aryl methyl sites for hydroxylation is 2. The van der Waals surface area contributed by atoms with Gasteiger partial charge in [0.25, 0.3) is 0 Å². The topological polar surface area (TPSA) is 19.4 Å². The second kappa shape index (κ2) is 6.47. The Bertz CT molecular complexity index is 745. The van der Waals surface area contributed by atoms with Crippen molar-refractivity contribution in [3.63, 3.8) is 0 Å². The fourth-order valence-electron chi connectivity index (χ4n) is 4.06. The minimum atomic E-state index is 0.243. The zero-order valence-electron chi connectivity index (χ0n) is 14.4. The van der Waals surface area contributed by atoms with Crippen LogP contribution >= 0.6 is 11.6 Å². The van der Waals surface area contributed by atoms with Gasteiger partial charge < -0.3 is 4.90 Å². The molecule has 1 aromatic carbocycles. The van der Waals surface area contributed by atoms with E-state index >= 15 is 0 Å². The van der Waals surface area contributed by atoms with E-state index in [-0.39, 0.29) is 6.04 Å². The molecule has 1 aliphatic heterocycles. The van der Waals surface area contributed by atoms with Crippen molar-refractivity contribution in [1.29, 1.82) is 0 Å². The Balaban J connectivity index is 1.82. The van der Waals surface area contributed by atoms with Gasteiger partial charge in [0.1, 0.15) is 0 Å². The minimum Gasteiger partial charge on any atom is -0.301 e. The van der Waals surface area contributed by atoms with Crippen molar-refractivity contribution in [2.75, 3.05) is 26.7 Å². The number of nitrogens with zero attached hydrogens (tertiary/aromatic N) is 3.